The topological polar surface area (TPSA) is 202 Å². The van der Waals surface area contributed by atoms with Gasteiger partial charge in [-0.2, -0.15) is 0 Å². The number of hydrogen-bond donors (Lipinski definition) is 8. The number of aliphatic hydroxyl groups excluding tert-OH is 7. The first-order valence-electron chi connectivity index (χ1n) is 13.7. The number of ether oxygens (including phenoxy) is 3. The van der Waals surface area contributed by atoms with Crippen molar-refractivity contribution < 1.29 is 54.8 Å². The van der Waals surface area contributed by atoms with Gasteiger partial charge < -0.3 is 60.2 Å². The van der Waals surface area contributed by atoms with E-state index < -0.39 is 67.8 Å². The van der Waals surface area contributed by atoms with Gasteiger partial charge in [0.1, 0.15) is 42.7 Å². The van der Waals surface area contributed by atoms with Gasteiger partial charge in [-0.05, 0) is 52.6 Å². The number of nitrogens with zero attached hydrogens (tertiary/aromatic N) is 1. The molecule has 0 unspecified atom stereocenters. The minimum atomic E-state index is -1.51. The zero-order chi connectivity index (χ0) is 28.2. The Bertz CT molecular complexity index is 673. The smallest absolute Gasteiger partial charge is 0.219 e. The summed E-state index contributed by atoms with van der Waals surface area (Å²) in [4.78, 5) is 13.8. The van der Waals surface area contributed by atoms with Gasteiger partial charge in [-0.1, -0.05) is 6.42 Å². The summed E-state index contributed by atoms with van der Waals surface area (Å²) in [6.07, 6.45) is -7.43. The number of rotatable bonds is 16. The summed E-state index contributed by atoms with van der Waals surface area (Å²) < 4.78 is 16.7. The van der Waals surface area contributed by atoms with Crippen LogP contribution in [0, 0.1) is 0 Å². The Morgan fingerprint density at radius 2 is 1.47 bits per heavy atom. The number of amides is 1. The average molecular weight is 553 g/mol. The molecule has 2 saturated heterocycles. The van der Waals surface area contributed by atoms with Gasteiger partial charge >= 0.3 is 0 Å². The number of unbranched alkanes of at least 4 members (excludes halogenated alkanes) is 2. The summed E-state index contributed by atoms with van der Waals surface area (Å²) >= 11 is 0. The van der Waals surface area contributed by atoms with Crippen LogP contribution in [0.1, 0.15) is 52.4 Å². The molecular weight excluding hydrogens is 504 g/mol. The van der Waals surface area contributed by atoms with Crippen LogP contribution in [0.15, 0.2) is 0 Å². The van der Waals surface area contributed by atoms with Crippen molar-refractivity contribution in [1.82, 2.24) is 10.2 Å². The molecule has 8 N–H and O–H groups in total. The van der Waals surface area contributed by atoms with E-state index >= 15 is 0 Å². The van der Waals surface area contributed by atoms with Crippen LogP contribution < -0.4 is 5.32 Å². The Kier molecular flexibility index (Phi) is 14.9. The molecule has 2 heterocycles. The van der Waals surface area contributed by atoms with E-state index in [0.717, 1.165) is 19.3 Å². The fourth-order valence-electron chi connectivity index (χ4n) is 4.81. The van der Waals surface area contributed by atoms with E-state index in [4.69, 9.17) is 14.2 Å². The van der Waals surface area contributed by atoms with Gasteiger partial charge in [0.25, 0.3) is 0 Å². The van der Waals surface area contributed by atoms with E-state index in [1.165, 1.54) is 0 Å². The third kappa shape index (κ3) is 9.89. The van der Waals surface area contributed by atoms with Crippen molar-refractivity contribution in [2.45, 2.75) is 114 Å². The third-order valence-corrected chi connectivity index (χ3v) is 7.20. The number of aliphatic hydroxyl groups is 7. The summed E-state index contributed by atoms with van der Waals surface area (Å²) in [7, 11) is 0. The standard InChI is InChI=1S/C25H48N2O11/c1-3-26-18(29)9-5-4-6-10-27(11-7-8-16-20(31)22(33)19(30)15(2)37-16)12-13-36-25-24(35)23(34)21(32)17(14-28)38-25/h15-17,19-25,28,30-35H,3-14H2,1-2H3,(H,26,29)/t15-,16-,17+,19+,20+,21+,22+,23-,24-,25+/m0/s1. The fraction of sp³-hybridized carbons (Fsp3) is 0.960. The van der Waals surface area contributed by atoms with Gasteiger partial charge in [-0.3, -0.25) is 4.79 Å². The van der Waals surface area contributed by atoms with E-state index in [-0.39, 0.29) is 12.5 Å². The number of carbonyl (C=O) groups excluding carboxylic acids is 1. The molecule has 2 aliphatic rings. The minimum absolute atomic E-state index is 0.0323. The highest BCUT2D eigenvalue weighted by Crippen LogP contribution is 2.24. The molecule has 0 saturated carbocycles. The van der Waals surface area contributed by atoms with Crippen LogP contribution in [0.3, 0.4) is 0 Å². The largest absolute Gasteiger partial charge is 0.394 e. The maximum absolute atomic E-state index is 11.6. The summed E-state index contributed by atoms with van der Waals surface area (Å²) in [6, 6.07) is 0. The lowest BCUT2D eigenvalue weighted by atomic mass is 9.93. The molecule has 2 aliphatic heterocycles. The van der Waals surface area contributed by atoms with Gasteiger partial charge in [-0.15, -0.1) is 0 Å². The summed E-state index contributed by atoms with van der Waals surface area (Å²) in [5, 5.41) is 72.4. The van der Waals surface area contributed by atoms with E-state index in [0.29, 0.717) is 45.4 Å². The molecule has 2 rings (SSSR count). The van der Waals surface area contributed by atoms with Crippen LogP contribution in [0.25, 0.3) is 0 Å². The molecule has 0 aromatic heterocycles. The Morgan fingerprint density at radius 1 is 0.816 bits per heavy atom. The lowest BCUT2D eigenvalue weighted by Gasteiger charge is -2.40. The minimum Gasteiger partial charge on any atom is -0.394 e. The monoisotopic (exact) mass is 552 g/mol. The Balaban J connectivity index is 1.84. The fourth-order valence-corrected chi connectivity index (χ4v) is 4.81. The number of hydrogen-bond acceptors (Lipinski definition) is 12. The van der Waals surface area contributed by atoms with E-state index in [9.17, 15) is 40.5 Å². The molecule has 13 heteroatoms. The molecule has 0 aromatic carbocycles. The van der Waals surface area contributed by atoms with Crippen LogP contribution in [-0.4, -0.2) is 147 Å². The van der Waals surface area contributed by atoms with Crippen LogP contribution >= 0.6 is 0 Å². The Hall–Kier alpha value is -0.970. The highest BCUT2D eigenvalue weighted by atomic mass is 16.7. The molecule has 1 amide bonds. The molecule has 0 radical (unpaired) electrons. The number of nitrogens with one attached hydrogen (secondary N) is 1. The van der Waals surface area contributed by atoms with Gasteiger partial charge in [-0.25, -0.2) is 0 Å². The molecule has 13 nitrogen and oxygen atoms in total. The zero-order valence-corrected chi connectivity index (χ0v) is 22.5. The second kappa shape index (κ2) is 17.0. The SMILES string of the molecule is CCNC(=O)CCCCCN(CCC[C@@H]1O[C@@H](C)[C@@H](O)[C@@H](O)[C@@H]1O)CCO[C@@H]1O[C@H](CO)[C@@H](O)[C@H](O)[C@@H]1O. The first-order chi connectivity index (χ1) is 18.1. The average Bonchev–Trinajstić information content (AvgIpc) is 2.89. The van der Waals surface area contributed by atoms with Crippen molar-refractivity contribution in [3.05, 3.63) is 0 Å². The highest BCUT2D eigenvalue weighted by molar-refractivity contribution is 5.75. The summed E-state index contributed by atoms with van der Waals surface area (Å²) in [5.74, 6) is 0.0323. The van der Waals surface area contributed by atoms with Crippen LogP contribution in [0.4, 0.5) is 0 Å². The number of carbonyl (C=O) groups is 1. The van der Waals surface area contributed by atoms with E-state index in [1.807, 2.05) is 6.92 Å². The first kappa shape index (κ1) is 33.2. The molecule has 224 valence electrons. The van der Waals surface area contributed by atoms with Crippen molar-refractivity contribution >= 4 is 5.91 Å². The third-order valence-electron chi connectivity index (χ3n) is 7.20. The first-order valence-corrected chi connectivity index (χ1v) is 13.7. The molecule has 0 aliphatic carbocycles. The van der Waals surface area contributed by atoms with Crippen molar-refractivity contribution in [2.75, 3.05) is 39.4 Å². The predicted octanol–water partition coefficient (Wildman–Crippen LogP) is -2.55. The molecule has 10 atom stereocenters. The van der Waals surface area contributed by atoms with Gasteiger partial charge in [0.15, 0.2) is 6.29 Å². The Morgan fingerprint density at radius 3 is 2.16 bits per heavy atom. The van der Waals surface area contributed by atoms with E-state index in [2.05, 4.69) is 10.2 Å². The molecule has 2 fully saturated rings. The molecule has 0 spiro atoms. The lowest BCUT2D eigenvalue weighted by molar-refractivity contribution is -0.301. The van der Waals surface area contributed by atoms with Crippen LogP contribution in [0.5, 0.6) is 0 Å². The maximum atomic E-state index is 11.6. The van der Waals surface area contributed by atoms with E-state index in [1.54, 1.807) is 6.92 Å². The van der Waals surface area contributed by atoms with Crippen molar-refractivity contribution in [1.29, 1.82) is 0 Å². The van der Waals surface area contributed by atoms with Crippen molar-refractivity contribution in [3.8, 4) is 0 Å². The highest BCUT2D eigenvalue weighted by Gasteiger charge is 2.44. The summed E-state index contributed by atoms with van der Waals surface area (Å²) in [5.41, 5.74) is 0. The quantitative estimate of drug-likeness (QED) is 0.0933. The lowest BCUT2D eigenvalue weighted by Crippen LogP contribution is -2.59. The molecule has 0 aromatic rings. The molecular formula is C25H48N2O11. The molecule has 38 heavy (non-hydrogen) atoms. The normalized spacial score (nSPS) is 35.9. The summed E-state index contributed by atoms with van der Waals surface area (Å²) in [6.45, 7) is 5.53. The maximum Gasteiger partial charge on any atom is 0.219 e. The second-order valence-corrected chi connectivity index (χ2v) is 10.2. The van der Waals surface area contributed by atoms with Gasteiger partial charge in [0.05, 0.1) is 25.4 Å². The van der Waals surface area contributed by atoms with Gasteiger partial charge in [0, 0.05) is 19.5 Å². The molecule has 0 bridgehead atoms. The van der Waals surface area contributed by atoms with Crippen molar-refractivity contribution in [2.24, 2.45) is 0 Å². The van der Waals surface area contributed by atoms with Crippen LogP contribution in [-0.2, 0) is 19.0 Å². The van der Waals surface area contributed by atoms with Crippen molar-refractivity contribution in [3.63, 3.8) is 0 Å². The van der Waals surface area contributed by atoms with Crippen LogP contribution in [0.2, 0.25) is 0 Å². The zero-order valence-electron chi connectivity index (χ0n) is 22.5. The Labute approximate surface area is 224 Å². The predicted molar refractivity (Wildman–Crippen MR) is 135 cm³/mol. The second-order valence-electron chi connectivity index (χ2n) is 10.2. The van der Waals surface area contributed by atoms with Gasteiger partial charge in [0.2, 0.25) is 5.91 Å².